The second-order valence-corrected chi connectivity index (χ2v) is 9.65. The zero-order valence-corrected chi connectivity index (χ0v) is 19.5. The molecule has 1 aliphatic carbocycles. The summed E-state index contributed by atoms with van der Waals surface area (Å²) in [7, 11) is -5.84. The molecule has 0 bridgehead atoms. The van der Waals surface area contributed by atoms with Gasteiger partial charge in [-0.3, -0.25) is 4.55 Å². The predicted molar refractivity (Wildman–Crippen MR) is 132 cm³/mol. The Morgan fingerprint density at radius 2 is 1.29 bits per heavy atom. The lowest BCUT2D eigenvalue weighted by Gasteiger charge is -2.16. The first-order valence-electron chi connectivity index (χ1n) is 11.0. The second kappa shape index (κ2) is 10.1. The Balaban J connectivity index is 0.000000314. The van der Waals surface area contributed by atoms with E-state index in [0.29, 0.717) is 0 Å². The molecule has 5 rings (SSSR count). The van der Waals surface area contributed by atoms with E-state index in [1.807, 2.05) is 0 Å². The van der Waals surface area contributed by atoms with Gasteiger partial charge in [0.15, 0.2) is 0 Å². The predicted octanol–water partition coefficient (Wildman–Crippen LogP) is 7.10. The Bertz CT molecular complexity index is 1420. The van der Waals surface area contributed by atoms with E-state index < -0.39 is 15.6 Å². The summed E-state index contributed by atoms with van der Waals surface area (Å²) in [5.41, 5.74) is 5.86. The van der Waals surface area contributed by atoms with Gasteiger partial charge in [-0.15, -0.1) is 0 Å². The van der Waals surface area contributed by atoms with Gasteiger partial charge in [0.1, 0.15) is 0 Å². The lowest BCUT2D eigenvalue weighted by molar-refractivity contribution is -0.0510. The SMILES string of the molecule is O=S(=O)(O)C(F)(F)F.c1ccc(CCc2ccc3c(c2-c2ccccc2)Cc2ccccc2-3)cc1. The van der Waals surface area contributed by atoms with Gasteiger partial charge in [-0.25, -0.2) is 0 Å². The van der Waals surface area contributed by atoms with Crippen molar-refractivity contribution in [3.63, 3.8) is 0 Å². The Morgan fingerprint density at radius 3 is 1.91 bits per heavy atom. The second-order valence-electron chi connectivity index (χ2n) is 8.23. The number of rotatable bonds is 4. The van der Waals surface area contributed by atoms with Gasteiger partial charge >= 0.3 is 15.6 Å². The Kier molecular flexibility index (Phi) is 7.10. The Hall–Kier alpha value is -3.42. The summed E-state index contributed by atoms with van der Waals surface area (Å²) in [6, 6.07) is 35.3. The molecule has 7 heteroatoms. The molecule has 0 radical (unpaired) electrons. The maximum absolute atomic E-state index is 10.7. The molecule has 0 atom stereocenters. The molecule has 0 aromatic heterocycles. The summed E-state index contributed by atoms with van der Waals surface area (Å²) in [6.07, 6.45) is 3.18. The average molecular weight is 497 g/mol. The first kappa shape index (κ1) is 24.7. The number of hydrogen-bond donors (Lipinski definition) is 1. The maximum Gasteiger partial charge on any atom is 0.522 e. The van der Waals surface area contributed by atoms with Crippen LogP contribution in [0.1, 0.15) is 22.3 Å². The van der Waals surface area contributed by atoms with Crippen molar-refractivity contribution < 1.29 is 26.1 Å². The number of halogens is 3. The minimum atomic E-state index is -5.84. The third-order valence-corrected chi connectivity index (χ3v) is 6.54. The average Bonchev–Trinajstić information content (AvgIpc) is 3.21. The Labute approximate surface area is 202 Å². The maximum atomic E-state index is 10.7. The normalized spacial score (nSPS) is 12.3. The molecule has 0 aliphatic heterocycles. The van der Waals surface area contributed by atoms with E-state index in [1.165, 1.54) is 44.5 Å². The summed E-state index contributed by atoms with van der Waals surface area (Å²) >= 11 is 0. The number of aryl methyl sites for hydroxylation is 2. The summed E-state index contributed by atoms with van der Waals surface area (Å²) in [6.45, 7) is 0. The van der Waals surface area contributed by atoms with E-state index in [4.69, 9.17) is 13.0 Å². The fourth-order valence-corrected chi connectivity index (χ4v) is 4.36. The minimum absolute atomic E-state index is 1.04. The zero-order valence-electron chi connectivity index (χ0n) is 18.7. The number of fused-ring (bicyclic) bond motifs is 3. The largest absolute Gasteiger partial charge is 0.522 e. The fraction of sp³-hybridized carbons (Fsp3) is 0.143. The monoisotopic (exact) mass is 496 g/mol. The smallest absolute Gasteiger partial charge is 0.279 e. The van der Waals surface area contributed by atoms with Gasteiger partial charge in [-0.05, 0) is 63.8 Å². The van der Waals surface area contributed by atoms with E-state index in [9.17, 15) is 13.2 Å². The van der Waals surface area contributed by atoms with Crippen molar-refractivity contribution in [2.45, 2.75) is 24.8 Å². The number of benzene rings is 4. The molecule has 1 N–H and O–H groups in total. The van der Waals surface area contributed by atoms with Gasteiger partial charge in [0.2, 0.25) is 0 Å². The first-order chi connectivity index (χ1) is 16.6. The molecule has 0 unspecified atom stereocenters. The molecule has 0 saturated carbocycles. The van der Waals surface area contributed by atoms with Crippen LogP contribution in [-0.4, -0.2) is 18.5 Å². The third kappa shape index (κ3) is 5.63. The van der Waals surface area contributed by atoms with E-state index in [-0.39, 0.29) is 0 Å². The van der Waals surface area contributed by atoms with Crippen LogP contribution in [0.5, 0.6) is 0 Å². The van der Waals surface area contributed by atoms with E-state index in [2.05, 4.69) is 97.1 Å². The minimum Gasteiger partial charge on any atom is -0.279 e. The molecule has 0 spiro atoms. The van der Waals surface area contributed by atoms with Crippen molar-refractivity contribution in [2.24, 2.45) is 0 Å². The summed E-state index contributed by atoms with van der Waals surface area (Å²) in [5, 5.41) is 0. The van der Waals surface area contributed by atoms with Crippen LogP contribution < -0.4 is 0 Å². The number of hydrogen-bond acceptors (Lipinski definition) is 2. The molecule has 1 aliphatic rings. The van der Waals surface area contributed by atoms with Gasteiger partial charge in [-0.1, -0.05) is 97.1 Å². The van der Waals surface area contributed by atoms with E-state index >= 15 is 0 Å². The van der Waals surface area contributed by atoms with Gasteiger partial charge in [-0.2, -0.15) is 21.6 Å². The highest BCUT2D eigenvalue weighted by Crippen LogP contribution is 2.43. The van der Waals surface area contributed by atoms with Gasteiger partial charge < -0.3 is 0 Å². The first-order valence-corrected chi connectivity index (χ1v) is 12.5. The zero-order chi connectivity index (χ0) is 25.1. The van der Waals surface area contributed by atoms with E-state index in [1.54, 1.807) is 0 Å². The quantitative estimate of drug-likeness (QED) is 0.213. The van der Waals surface area contributed by atoms with Crippen LogP contribution in [0.25, 0.3) is 22.3 Å². The van der Waals surface area contributed by atoms with Crippen molar-refractivity contribution in [2.75, 3.05) is 0 Å². The molecular formula is C28H23F3O3S. The molecule has 3 nitrogen and oxygen atoms in total. The van der Waals surface area contributed by atoms with Crippen LogP contribution >= 0.6 is 0 Å². The Morgan fingerprint density at radius 1 is 0.714 bits per heavy atom. The van der Waals surface area contributed by atoms with Crippen LogP contribution in [0.3, 0.4) is 0 Å². The van der Waals surface area contributed by atoms with Crippen molar-refractivity contribution in [3.8, 4) is 22.3 Å². The van der Waals surface area contributed by atoms with Crippen LogP contribution in [0.2, 0.25) is 0 Å². The van der Waals surface area contributed by atoms with Crippen LogP contribution in [-0.2, 0) is 29.4 Å². The fourth-order valence-electron chi connectivity index (χ4n) is 4.36. The van der Waals surface area contributed by atoms with E-state index in [0.717, 1.165) is 19.3 Å². The van der Waals surface area contributed by atoms with Crippen molar-refractivity contribution in [3.05, 3.63) is 119 Å². The molecular weight excluding hydrogens is 473 g/mol. The highest BCUT2D eigenvalue weighted by molar-refractivity contribution is 7.86. The van der Waals surface area contributed by atoms with Crippen molar-refractivity contribution in [1.29, 1.82) is 0 Å². The van der Waals surface area contributed by atoms with Crippen LogP contribution in [0.15, 0.2) is 97.1 Å². The lowest BCUT2D eigenvalue weighted by Crippen LogP contribution is -2.21. The summed E-state index contributed by atoms with van der Waals surface area (Å²) < 4.78 is 57.5. The summed E-state index contributed by atoms with van der Waals surface area (Å²) in [5.74, 6) is 0. The molecule has 4 aromatic carbocycles. The highest BCUT2D eigenvalue weighted by Gasteiger charge is 2.44. The van der Waals surface area contributed by atoms with Crippen LogP contribution in [0.4, 0.5) is 13.2 Å². The molecule has 35 heavy (non-hydrogen) atoms. The molecule has 0 heterocycles. The highest BCUT2D eigenvalue weighted by atomic mass is 32.2. The molecule has 180 valence electrons. The van der Waals surface area contributed by atoms with Gasteiger partial charge in [0.25, 0.3) is 0 Å². The van der Waals surface area contributed by atoms with Gasteiger partial charge in [0.05, 0.1) is 0 Å². The number of alkyl halides is 3. The third-order valence-electron chi connectivity index (χ3n) is 5.95. The lowest BCUT2D eigenvalue weighted by atomic mass is 9.88. The summed E-state index contributed by atoms with van der Waals surface area (Å²) in [4.78, 5) is 0. The topological polar surface area (TPSA) is 54.4 Å². The molecule has 0 fully saturated rings. The molecule has 0 saturated heterocycles. The van der Waals surface area contributed by atoms with Crippen molar-refractivity contribution >= 4 is 10.1 Å². The molecule has 0 amide bonds. The standard InChI is InChI=1S/C27H22.CHF3O3S/c1-3-9-20(10-4-1)15-16-22-17-18-25-24-14-8-7-13-23(24)19-26(25)27(22)21-11-5-2-6-12-21;2-1(3,4)8(5,6)7/h1-14,17-18H,15-16,19H2;(H,5,6,7). The van der Waals surface area contributed by atoms with Gasteiger partial charge in [0, 0.05) is 0 Å². The molecule has 4 aromatic rings. The van der Waals surface area contributed by atoms with Crippen LogP contribution in [0, 0.1) is 0 Å². The van der Waals surface area contributed by atoms with Crippen molar-refractivity contribution in [1.82, 2.24) is 0 Å².